The van der Waals surface area contributed by atoms with E-state index in [1.165, 1.54) is 10.4 Å². The maximum Gasteiger partial charge on any atom is 0.251 e. The van der Waals surface area contributed by atoms with Crippen molar-refractivity contribution in [3.8, 4) is 0 Å². The number of nitrogens with zero attached hydrogens (tertiary/aromatic N) is 2. The maximum absolute atomic E-state index is 13.0. The third-order valence-corrected chi connectivity index (χ3v) is 7.28. The molecule has 1 amide bonds. The fraction of sp³-hybridized carbons (Fsp3) is 0.409. The average Bonchev–Trinajstić information content (AvgIpc) is 2.73. The predicted molar refractivity (Wildman–Crippen MR) is 114 cm³/mol. The van der Waals surface area contributed by atoms with Crippen LogP contribution in [0, 0.1) is 6.92 Å². The Balaban J connectivity index is 1.77. The molecule has 2 aromatic carbocycles. The van der Waals surface area contributed by atoms with E-state index >= 15 is 0 Å². The predicted octanol–water partition coefficient (Wildman–Crippen LogP) is 2.81. The molecule has 1 unspecified atom stereocenters. The first-order valence-corrected chi connectivity index (χ1v) is 11.4. The lowest BCUT2D eigenvalue weighted by atomic mass is 10.0. The van der Waals surface area contributed by atoms with Crippen molar-refractivity contribution in [3.63, 3.8) is 0 Å². The minimum absolute atomic E-state index is 0.124. The van der Waals surface area contributed by atoms with Gasteiger partial charge in [-0.25, -0.2) is 8.42 Å². The Morgan fingerprint density at radius 1 is 1.07 bits per heavy atom. The maximum atomic E-state index is 13.0. The lowest BCUT2D eigenvalue weighted by Crippen LogP contribution is -2.47. The van der Waals surface area contributed by atoms with Crippen LogP contribution in [0.5, 0.6) is 0 Å². The fourth-order valence-electron chi connectivity index (χ4n) is 3.44. The highest BCUT2D eigenvalue weighted by molar-refractivity contribution is 7.89. The van der Waals surface area contributed by atoms with Crippen LogP contribution in [-0.2, 0) is 10.0 Å². The number of aryl methyl sites for hydroxylation is 1. The van der Waals surface area contributed by atoms with Gasteiger partial charge in [-0.05, 0) is 44.2 Å². The van der Waals surface area contributed by atoms with Crippen LogP contribution in [0.25, 0.3) is 0 Å². The van der Waals surface area contributed by atoms with E-state index in [0.29, 0.717) is 31.7 Å². The van der Waals surface area contributed by atoms with E-state index < -0.39 is 10.0 Å². The Kier molecular flexibility index (Phi) is 6.72. The number of hydrogen-bond donors (Lipinski definition) is 1. The van der Waals surface area contributed by atoms with Crippen LogP contribution in [0.3, 0.4) is 0 Å². The summed E-state index contributed by atoms with van der Waals surface area (Å²) in [4.78, 5) is 15.1. The highest BCUT2D eigenvalue weighted by Crippen LogP contribution is 2.21. The number of likely N-dealkylation sites (N-methyl/N-ethyl adjacent to an activating group) is 1. The first-order chi connectivity index (χ1) is 13.8. The van der Waals surface area contributed by atoms with Crippen LogP contribution in [-0.4, -0.2) is 56.8 Å². The van der Waals surface area contributed by atoms with Crippen LogP contribution >= 0.6 is 0 Å². The number of rotatable bonds is 6. The molecule has 0 radical (unpaired) electrons. The number of sulfonamides is 1. The standard InChI is InChI=1S/C22H29N3O3S/c1-4-21(18-10-8-17(2)9-11-18)23-22(26)19-6-5-7-20(16-19)29(27,28)25-14-12-24(3)13-15-25/h5-11,16,21H,4,12-15H2,1-3H3,(H,23,26). The number of carbonyl (C=O) groups excluding carboxylic acids is 1. The molecule has 0 saturated carbocycles. The second kappa shape index (κ2) is 9.07. The van der Waals surface area contributed by atoms with E-state index in [0.717, 1.165) is 17.5 Å². The summed E-state index contributed by atoms with van der Waals surface area (Å²) in [5.41, 5.74) is 2.55. The zero-order valence-electron chi connectivity index (χ0n) is 17.3. The summed E-state index contributed by atoms with van der Waals surface area (Å²) in [5.74, 6) is -0.271. The second-order valence-electron chi connectivity index (χ2n) is 7.58. The van der Waals surface area contributed by atoms with Gasteiger partial charge in [0.05, 0.1) is 10.9 Å². The van der Waals surface area contributed by atoms with E-state index in [4.69, 9.17) is 0 Å². The first-order valence-electron chi connectivity index (χ1n) is 9.97. The van der Waals surface area contributed by atoms with Crippen LogP contribution in [0.4, 0.5) is 0 Å². The van der Waals surface area contributed by atoms with E-state index in [9.17, 15) is 13.2 Å². The van der Waals surface area contributed by atoms with Gasteiger partial charge in [0, 0.05) is 31.7 Å². The highest BCUT2D eigenvalue weighted by Gasteiger charge is 2.28. The summed E-state index contributed by atoms with van der Waals surface area (Å²) in [6, 6.07) is 14.3. The van der Waals surface area contributed by atoms with Crippen LogP contribution < -0.4 is 5.32 Å². The smallest absolute Gasteiger partial charge is 0.251 e. The Hall–Kier alpha value is -2.22. The van der Waals surface area contributed by atoms with Crippen LogP contribution in [0.15, 0.2) is 53.4 Å². The monoisotopic (exact) mass is 415 g/mol. The summed E-state index contributed by atoms with van der Waals surface area (Å²) in [7, 11) is -1.63. The van der Waals surface area contributed by atoms with Gasteiger partial charge in [-0.15, -0.1) is 0 Å². The molecule has 7 heteroatoms. The number of nitrogens with one attached hydrogen (secondary N) is 1. The average molecular weight is 416 g/mol. The van der Waals surface area contributed by atoms with Crippen LogP contribution in [0.1, 0.15) is 40.9 Å². The van der Waals surface area contributed by atoms with Crippen molar-refractivity contribution in [3.05, 3.63) is 65.2 Å². The van der Waals surface area contributed by atoms with Crippen LogP contribution in [0.2, 0.25) is 0 Å². The van der Waals surface area contributed by atoms with E-state index in [1.807, 2.05) is 45.2 Å². The SMILES string of the molecule is CCC(NC(=O)c1cccc(S(=O)(=O)N2CCN(C)CC2)c1)c1ccc(C)cc1. The third-order valence-electron chi connectivity index (χ3n) is 5.39. The quantitative estimate of drug-likeness (QED) is 0.788. The second-order valence-corrected chi connectivity index (χ2v) is 9.52. The first kappa shape index (κ1) is 21.5. The Bertz CT molecular complexity index is 950. The highest BCUT2D eigenvalue weighted by atomic mass is 32.2. The summed E-state index contributed by atoms with van der Waals surface area (Å²) < 4.78 is 27.4. The molecule has 2 aromatic rings. The molecule has 3 rings (SSSR count). The van der Waals surface area contributed by atoms with Gasteiger partial charge in [-0.1, -0.05) is 42.8 Å². The molecule has 0 bridgehead atoms. The van der Waals surface area contributed by atoms with Crippen molar-refractivity contribution in [1.29, 1.82) is 0 Å². The zero-order chi connectivity index (χ0) is 21.0. The lowest BCUT2D eigenvalue weighted by molar-refractivity contribution is 0.0935. The molecule has 0 spiro atoms. The van der Waals surface area contributed by atoms with Crippen molar-refractivity contribution in [1.82, 2.24) is 14.5 Å². The summed E-state index contributed by atoms with van der Waals surface area (Å²) >= 11 is 0. The Labute approximate surface area is 173 Å². The van der Waals surface area contributed by atoms with Crippen molar-refractivity contribution < 1.29 is 13.2 Å². The van der Waals surface area contributed by atoms with E-state index in [-0.39, 0.29) is 16.8 Å². The molecule has 1 heterocycles. The number of carbonyl (C=O) groups is 1. The molecular weight excluding hydrogens is 386 g/mol. The van der Waals surface area contributed by atoms with Gasteiger partial charge in [-0.2, -0.15) is 4.31 Å². The van der Waals surface area contributed by atoms with Gasteiger partial charge >= 0.3 is 0 Å². The van der Waals surface area contributed by atoms with E-state index in [1.54, 1.807) is 18.2 Å². The third kappa shape index (κ3) is 5.04. The number of hydrogen-bond acceptors (Lipinski definition) is 4. The minimum Gasteiger partial charge on any atom is -0.345 e. The summed E-state index contributed by atoms with van der Waals surface area (Å²) in [6.07, 6.45) is 0.744. The minimum atomic E-state index is -3.61. The topological polar surface area (TPSA) is 69.7 Å². The number of benzene rings is 2. The fourth-order valence-corrected chi connectivity index (χ4v) is 4.91. The largest absolute Gasteiger partial charge is 0.345 e. The normalized spacial score (nSPS) is 17.1. The molecule has 29 heavy (non-hydrogen) atoms. The number of amides is 1. The van der Waals surface area contributed by atoms with Gasteiger partial charge in [0.1, 0.15) is 0 Å². The van der Waals surface area contributed by atoms with Gasteiger partial charge in [-0.3, -0.25) is 4.79 Å². The zero-order valence-corrected chi connectivity index (χ0v) is 18.1. The molecule has 6 nitrogen and oxygen atoms in total. The summed E-state index contributed by atoms with van der Waals surface area (Å²) in [5, 5.41) is 3.03. The lowest BCUT2D eigenvalue weighted by Gasteiger charge is -2.31. The van der Waals surface area contributed by atoms with Gasteiger partial charge in [0.15, 0.2) is 0 Å². The molecule has 1 fully saturated rings. The van der Waals surface area contributed by atoms with Gasteiger partial charge in [0.25, 0.3) is 5.91 Å². The molecule has 1 N–H and O–H groups in total. The van der Waals surface area contributed by atoms with Crippen molar-refractivity contribution in [2.24, 2.45) is 0 Å². The molecule has 1 atom stereocenters. The summed E-state index contributed by atoms with van der Waals surface area (Å²) in [6.45, 7) is 6.36. The van der Waals surface area contributed by atoms with E-state index in [2.05, 4.69) is 10.2 Å². The Morgan fingerprint density at radius 3 is 2.34 bits per heavy atom. The molecule has 0 aromatic heterocycles. The molecule has 156 valence electrons. The molecular formula is C22H29N3O3S. The Morgan fingerprint density at radius 2 is 1.72 bits per heavy atom. The molecule has 1 aliphatic rings. The van der Waals surface area contributed by atoms with Crippen molar-refractivity contribution >= 4 is 15.9 Å². The molecule has 1 aliphatic heterocycles. The number of piperazine rings is 1. The van der Waals surface area contributed by atoms with Gasteiger partial charge < -0.3 is 10.2 Å². The van der Waals surface area contributed by atoms with Crippen molar-refractivity contribution in [2.75, 3.05) is 33.2 Å². The molecule has 1 saturated heterocycles. The van der Waals surface area contributed by atoms with Crippen molar-refractivity contribution in [2.45, 2.75) is 31.2 Å². The molecule has 0 aliphatic carbocycles. The van der Waals surface area contributed by atoms with Gasteiger partial charge in [0.2, 0.25) is 10.0 Å².